The minimum atomic E-state index is 0. The van der Waals surface area contributed by atoms with Gasteiger partial charge in [0.1, 0.15) is 0 Å². The van der Waals surface area contributed by atoms with Gasteiger partial charge in [0.15, 0.2) is 0 Å². The monoisotopic (exact) mass is 346 g/mol. The Morgan fingerprint density at radius 1 is 1.37 bits per heavy atom. The molecule has 0 spiro atoms. The van der Waals surface area contributed by atoms with Crippen LogP contribution in [-0.4, -0.2) is 31.1 Å². The van der Waals surface area contributed by atoms with Crippen molar-refractivity contribution in [1.82, 2.24) is 10.2 Å². The summed E-state index contributed by atoms with van der Waals surface area (Å²) in [6.07, 6.45) is 2.71. The number of halogens is 2. The molecule has 1 fully saturated rings. The summed E-state index contributed by atoms with van der Waals surface area (Å²) < 4.78 is 1.23. The number of piperidine rings is 1. The standard InChI is InChI=1S/C15H23BrN2.ClH/c1-2-18(11-13-6-5-9-17-10-13)12-14-7-3-4-8-15(14)16;/h3-4,7-8,13,17H,2,5-6,9-12H2,1H3;1H. The summed E-state index contributed by atoms with van der Waals surface area (Å²) in [5.74, 6) is 0.821. The van der Waals surface area contributed by atoms with Crippen molar-refractivity contribution in [2.75, 3.05) is 26.2 Å². The highest BCUT2D eigenvalue weighted by atomic mass is 79.9. The number of nitrogens with zero attached hydrogens (tertiary/aromatic N) is 1. The minimum absolute atomic E-state index is 0. The first kappa shape index (κ1) is 17.0. The van der Waals surface area contributed by atoms with E-state index < -0.39 is 0 Å². The number of benzene rings is 1. The molecule has 1 aliphatic heterocycles. The molecular formula is C15H24BrClN2. The number of rotatable bonds is 5. The molecule has 0 amide bonds. The summed E-state index contributed by atoms with van der Waals surface area (Å²) >= 11 is 3.64. The Morgan fingerprint density at radius 2 is 2.16 bits per heavy atom. The molecule has 1 aromatic rings. The fraction of sp³-hybridized carbons (Fsp3) is 0.600. The normalized spacial score (nSPS) is 19.2. The van der Waals surface area contributed by atoms with Gasteiger partial charge in [-0.2, -0.15) is 0 Å². The quantitative estimate of drug-likeness (QED) is 0.874. The highest BCUT2D eigenvalue weighted by Crippen LogP contribution is 2.19. The third-order valence-corrected chi connectivity index (χ3v) is 4.49. The predicted molar refractivity (Wildman–Crippen MR) is 87.9 cm³/mol. The lowest BCUT2D eigenvalue weighted by Gasteiger charge is -2.29. The molecule has 2 rings (SSSR count). The lowest BCUT2D eigenvalue weighted by molar-refractivity contribution is 0.209. The highest BCUT2D eigenvalue weighted by molar-refractivity contribution is 9.10. The Kier molecular flexibility index (Phi) is 8.00. The molecule has 1 unspecified atom stereocenters. The topological polar surface area (TPSA) is 15.3 Å². The van der Waals surface area contributed by atoms with Crippen LogP contribution in [0.15, 0.2) is 28.7 Å². The van der Waals surface area contributed by atoms with Crippen LogP contribution < -0.4 is 5.32 Å². The van der Waals surface area contributed by atoms with E-state index in [2.05, 4.69) is 57.3 Å². The molecule has 0 bridgehead atoms. The Labute approximate surface area is 131 Å². The molecule has 1 heterocycles. The lowest BCUT2D eigenvalue weighted by atomic mass is 9.99. The van der Waals surface area contributed by atoms with E-state index in [1.165, 1.54) is 42.5 Å². The first-order valence-electron chi connectivity index (χ1n) is 6.96. The molecule has 1 saturated heterocycles. The molecule has 4 heteroatoms. The van der Waals surface area contributed by atoms with Crippen molar-refractivity contribution in [2.45, 2.75) is 26.3 Å². The first-order chi connectivity index (χ1) is 8.79. The smallest absolute Gasteiger partial charge is 0.0244 e. The van der Waals surface area contributed by atoms with Crippen LogP contribution in [0.3, 0.4) is 0 Å². The number of hydrogen-bond donors (Lipinski definition) is 1. The van der Waals surface area contributed by atoms with Gasteiger partial charge in [0.25, 0.3) is 0 Å². The van der Waals surface area contributed by atoms with Crippen molar-refractivity contribution in [3.8, 4) is 0 Å². The molecule has 1 aliphatic rings. The molecule has 0 aromatic heterocycles. The third kappa shape index (κ3) is 5.42. The van der Waals surface area contributed by atoms with Crippen LogP contribution in [0.2, 0.25) is 0 Å². The van der Waals surface area contributed by atoms with Gasteiger partial charge >= 0.3 is 0 Å². The second-order valence-electron chi connectivity index (χ2n) is 5.13. The second-order valence-corrected chi connectivity index (χ2v) is 5.99. The van der Waals surface area contributed by atoms with Crippen LogP contribution in [0.25, 0.3) is 0 Å². The molecular weight excluding hydrogens is 324 g/mol. The van der Waals surface area contributed by atoms with Crippen LogP contribution in [0.1, 0.15) is 25.3 Å². The number of nitrogens with one attached hydrogen (secondary N) is 1. The largest absolute Gasteiger partial charge is 0.316 e. The molecule has 0 radical (unpaired) electrons. The van der Waals surface area contributed by atoms with Crippen molar-refractivity contribution in [3.63, 3.8) is 0 Å². The SMILES string of the molecule is CCN(Cc1ccccc1Br)CC1CCCNC1.Cl. The van der Waals surface area contributed by atoms with E-state index in [1.54, 1.807) is 0 Å². The Hall–Kier alpha value is -0.0900. The van der Waals surface area contributed by atoms with E-state index in [-0.39, 0.29) is 12.4 Å². The van der Waals surface area contributed by atoms with E-state index in [1.807, 2.05) is 0 Å². The zero-order valence-corrected chi connectivity index (χ0v) is 14.0. The molecule has 19 heavy (non-hydrogen) atoms. The van der Waals surface area contributed by atoms with Crippen molar-refractivity contribution >= 4 is 28.3 Å². The molecule has 1 N–H and O–H groups in total. The van der Waals surface area contributed by atoms with Crippen molar-refractivity contribution < 1.29 is 0 Å². The van der Waals surface area contributed by atoms with Crippen LogP contribution in [0.5, 0.6) is 0 Å². The average Bonchev–Trinajstić information content (AvgIpc) is 2.41. The van der Waals surface area contributed by atoms with Crippen molar-refractivity contribution in [3.05, 3.63) is 34.3 Å². The zero-order chi connectivity index (χ0) is 12.8. The summed E-state index contributed by atoms with van der Waals surface area (Å²) in [6.45, 7) is 8.03. The summed E-state index contributed by atoms with van der Waals surface area (Å²) in [5, 5.41) is 3.50. The average molecular weight is 348 g/mol. The van der Waals surface area contributed by atoms with Gasteiger partial charge in [-0.3, -0.25) is 4.90 Å². The van der Waals surface area contributed by atoms with Gasteiger partial charge in [0, 0.05) is 17.6 Å². The molecule has 1 aromatic carbocycles. The van der Waals surface area contributed by atoms with E-state index in [0.29, 0.717) is 0 Å². The van der Waals surface area contributed by atoms with Crippen LogP contribution in [0, 0.1) is 5.92 Å². The zero-order valence-electron chi connectivity index (χ0n) is 11.6. The van der Waals surface area contributed by atoms with Crippen LogP contribution >= 0.6 is 28.3 Å². The summed E-state index contributed by atoms with van der Waals surface area (Å²) in [7, 11) is 0. The van der Waals surface area contributed by atoms with Gasteiger partial charge in [-0.05, 0) is 50.0 Å². The summed E-state index contributed by atoms with van der Waals surface area (Å²) in [5.41, 5.74) is 1.39. The summed E-state index contributed by atoms with van der Waals surface area (Å²) in [6, 6.07) is 8.54. The fourth-order valence-corrected chi connectivity index (χ4v) is 3.03. The maximum Gasteiger partial charge on any atom is 0.0244 e. The molecule has 2 nitrogen and oxygen atoms in total. The van der Waals surface area contributed by atoms with Crippen molar-refractivity contribution in [1.29, 1.82) is 0 Å². The van der Waals surface area contributed by atoms with Gasteiger partial charge < -0.3 is 5.32 Å². The van der Waals surface area contributed by atoms with Gasteiger partial charge in [0.05, 0.1) is 0 Å². The fourth-order valence-electron chi connectivity index (χ4n) is 2.62. The minimum Gasteiger partial charge on any atom is -0.316 e. The van der Waals surface area contributed by atoms with Crippen molar-refractivity contribution in [2.24, 2.45) is 5.92 Å². The Balaban J connectivity index is 0.00000180. The second kappa shape index (κ2) is 8.96. The number of hydrogen-bond acceptors (Lipinski definition) is 2. The van der Waals surface area contributed by atoms with Crippen LogP contribution in [-0.2, 0) is 6.54 Å². The van der Waals surface area contributed by atoms with Gasteiger partial charge in [-0.15, -0.1) is 12.4 Å². The predicted octanol–water partition coefficient (Wildman–Crippen LogP) is 3.69. The lowest BCUT2D eigenvalue weighted by Crippen LogP contribution is -2.38. The third-order valence-electron chi connectivity index (χ3n) is 3.71. The van der Waals surface area contributed by atoms with Gasteiger partial charge in [-0.1, -0.05) is 41.1 Å². The maximum absolute atomic E-state index is 3.64. The molecule has 0 aliphatic carbocycles. The Morgan fingerprint density at radius 3 is 2.79 bits per heavy atom. The molecule has 108 valence electrons. The summed E-state index contributed by atoms with van der Waals surface area (Å²) in [4.78, 5) is 2.55. The molecule has 0 saturated carbocycles. The van der Waals surface area contributed by atoms with E-state index in [0.717, 1.165) is 19.0 Å². The van der Waals surface area contributed by atoms with Crippen LogP contribution in [0.4, 0.5) is 0 Å². The van der Waals surface area contributed by atoms with E-state index >= 15 is 0 Å². The van der Waals surface area contributed by atoms with E-state index in [4.69, 9.17) is 0 Å². The first-order valence-corrected chi connectivity index (χ1v) is 7.75. The van der Waals surface area contributed by atoms with Gasteiger partial charge in [0.2, 0.25) is 0 Å². The Bertz CT molecular complexity index is 367. The molecule has 1 atom stereocenters. The highest BCUT2D eigenvalue weighted by Gasteiger charge is 2.16. The van der Waals surface area contributed by atoms with Gasteiger partial charge in [-0.25, -0.2) is 0 Å². The maximum atomic E-state index is 3.64. The van der Waals surface area contributed by atoms with E-state index in [9.17, 15) is 0 Å².